The van der Waals surface area contributed by atoms with Crippen LogP contribution in [-0.4, -0.2) is 30.6 Å². The first-order valence-electron chi connectivity index (χ1n) is 8.01. The number of hydrogen-bond acceptors (Lipinski definition) is 3. The van der Waals surface area contributed by atoms with Crippen molar-refractivity contribution in [3.8, 4) is 6.07 Å². The van der Waals surface area contributed by atoms with Crippen molar-refractivity contribution in [1.29, 1.82) is 5.26 Å². The monoisotopic (exact) mass is 339 g/mol. The van der Waals surface area contributed by atoms with Gasteiger partial charge in [-0.25, -0.2) is 9.18 Å². The normalized spacial score (nSPS) is 17.0. The molecule has 1 N–H and O–H groups in total. The number of benzene rings is 2. The van der Waals surface area contributed by atoms with Crippen LogP contribution in [0.1, 0.15) is 22.8 Å². The zero-order chi connectivity index (χ0) is 17.8. The van der Waals surface area contributed by atoms with Crippen LogP contribution in [0.3, 0.4) is 0 Å². The van der Waals surface area contributed by atoms with Gasteiger partial charge in [-0.2, -0.15) is 5.26 Å². The quantitative estimate of drug-likeness (QED) is 0.909. The molecule has 0 bridgehead atoms. The molecule has 0 unspecified atom stereocenters. The van der Waals surface area contributed by atoms with Crippen LogP contribution in [0.2, 0.25) is 0 Å². The molecular weight excluding hydrogens is 321 g/mol. The Balaban J connectivity index is 1.73. The van der Waals surface area contributed by atoms with Gasteiger partial charge in [-0.1, -0.05) is 24.3 Å². The Kier molecular flexibility index (Phi) is 4.96. The molecule has 5 nitrogen and oxygen atoms in total. The SMILES string of the molecule is Cc1ccc(C#N)cc1NC(=O)N1CCO[C@H](c2ccccc2F)C1. The molecule has 3 rings (SSSR count). The predicted molar refractivity (Wildman–Crippen MR) is 91.6 cm³/mol. The van der Waals surface area contributed by atoms with Crippen molar-refractivity contribution in [3.63, 3.8) is 0 Å². The van der Waals surface area contributed by atoms with E-state index in [1.165, 1.54) is 6.07 Å². The number of nitrogens with zero attached hydrogens (tertiary/aromatic N) is 2. The third-order valence-electron chi connectivity index (χ3n) is 4.21. The lowest BCUT2D eigenvalue weighted by atomic mass is 10.1. The van der Waals surface area contributed by atoms with Crippen LogP contribution in [0.15, 0.2) is 42.5 Å². The average molecular weight is 339 g/mol. The van der Waals surface area contributed by atoms with Gasteiger partial charge in [0, 0.05) is 17.8 Å². The van der Waals surface area contributed by atoms with Crippen molar-refractivity contribution in [2.45, 2.75) is 13.0 Å². The summed E-state index contributed by atoms with van der Waals surface area (Å²) < 4.78 is 19.6. The second kappa shape index (κ2) is 7.32. The topological polar surface area (TPSA) is 65.4 Å². The summed E-state index contributed by atoms with van der Waals surface area (Å²) in [5.41, 5.74) is 2.39. The number of urea groups is 1. The lowest BCUT2D eigenvalue weighted by Crippen LogP contribution is -2.44. The van der Waals surface area contributed by atoms with E-state index in [0.29, 0.717) is 30.0 Å². The van der Waals surface area contributed by atoms with E-state index >= 15 is 0 Å². The lowest BCUT2D eigenvalue weighted by molar-refractivity contribution is -0.0152. The summed E-state index contributed by atoms with van der Waals surface area (Å²) in [6.07, 6.45) is -0.493. The number of anilines is 1. The fraction of sp³-hybridized carbons (Fsp3) is 0.263. The number of hydrogen-bond donors (Lipinski definition) is 1. The largest absolute Gasteiger partial charge is 0.370 e. The first kappa shape index (κ1) is 16.9. The van der Waals surface area contributed by atoms with Gasteiger partial charge in [0.05, 0.1) is 24.8 Å². The molecule has 0 saturated carbocycles. The standard InChI is InChI=1S/C19H18FN3O2/c1-13-6-7-14(11-21)10-17(13)22-19(24)23-8-9-25-18(12-23)15-4-2-3-5-16(15)20/h2-7,10,18H,8-9,12H2,1H3,(H,22,24)/t18-/m0/s1. The molecule has 128 valence electrons. The van der Waals surface area contributed by atoms with Gasteiger partial charge in [0.2, 0.25) is 0 Å². The molecule has 0 radical (unpaired) electrons. The van der Waals surface area contributed by atoms with Gasteiger partial charge < -0.3 is 15.0 Å². The molecule has 1 fully saturated rings. The molecule has 1 atom stereocenters. The highest BCUT2D eigenvalue weighted by atomic mass is 19.1. The van der Waals surface area contributed by atoms with Crippen molar-refractivity contribution in [1.82, 2.24) is 4.90 Å². The molecule has 0 spiro atoms. The number of halogens is 1. The van der Waals surface area contributed by atoms with Crippen molar-refractivity contribution in [3.05, 3.63) is 65.0 Å². The number of aryl methyl sites for hydroxylation is 1. The van der Waals surface area contributed by atoms with E-state index in [9.17, 15) is 9.18 Å². The van der Waals surface area contributed by atoms with E-state index in [1.807, 2.05) is 6.92 Å². The van der Waals surface area contributed by atoms with Gasteiger partial charge in [-0.05, 0) is 30.7 Å². The minimum Gasteiger partial charge on any atom is -0.370 e. The Morgan fingerprint density at radius 1 is 1.36 bits per heavy atom. The lowest BCUT2D eigenvalue weighted by Gasteiger charge is -2.33. The van der Waals surface area contributed by atoms with Crippen LogP contribution in [0.4, 0.5) is 14.9 Å². The summed E-state index contributed by atoms with van der Waals surface area (Å²) in [5.74, 6) is -0.340. The number of rotatable bonds is 2. The third kappa shape index (κ3) is 3.78. The Bertz CT molecular complexity index is 832. The van der Waals surface area contributed by atoms with Gasteiger partial charge in [-0.3, -0.25) is 0 Å². The number of ether oxygens (including phenoxy) is 1. The minimum atomic E-state index is -0.493. The van der Waals surface area contributed by atoms with Crippen LogP contribution < -0.4 is 5.32 Å². The number of carbonyl (C=O) groups excluding carboxylic acids is 1. The Hall–Kier alpha value is -2.91. The molecular formula is C19H18FN3O2. The summed E-state index contributed by atoms with van der Waals surface area (Å²) in [6, 6.07) is 13.3. The maximum absolute atomic E-state index is 14.0. The van der Waals surface area contributed by atoms with Crippen LogP contribution in [0.25, 0.3) is 0 Å². The summed E-state index contributed by atoms with van der Waals surface area (Å²) in [5, 5.41) is 11.8. The highest BCUT2D eigenvalue weighted by molar-refractivity contribution is 5.90. The van der Waals surface area contributed by atoms with Gasteiger partial charge in [0.1, 0.15) is 11.9 Å². The molecule has 1 heterocycles. The summed E-state index contributed by atoms with van der Waals surface area (Å²) >= 11 is 0. The molecule has 1 aliphatic heterocycles. The zero-order valence-electron chi connectivity index (χ0n) is 13.8. The van der Waals surface area contributed by atoms with Gasteiger partial charge >= 0.3 is 6.03 Å². The van der Waals surface area contributed by atoms with E-state index in [1.54, 1.807) is 41.3 Å². The Labute approximate surface area is 145 Å². The number of morpholine rings is 1. The second-order valence-electron chi connectivity index (χ2n) is 5.90. The predicted octanol–water partition coefficient (Wildman–Crippen LogP) is 3.61. The first-order chi connectivity index (χ1) is 12.1. The van der Waals surface area contributed by atoms with Crippen LogP contribution in [0, 0.1) is 24.1 Å². The molecule has 2 amide bonds. The van der Waals surface area contributed by atoms with Gasteiger partial charge in [0.25, 0.3) is 0 Å². The van der Waals surface area contributed by atoms with E-state index < -0.39 is 6.10 Å². The average Bonchev–Trinajstić information content (AvgIpc) is 2.64. The zero-order valence-corrected chi connectivity index (χ0v) is 13.8. The summed E-state index contributed by atoms with van der Waals surface area (Å²) in [7, 11) is 0. The molecule has 2 aromatic carbocycles. The number of nitriles is 1. The fourth-order valence-corrected chi connectivity index (χ4v) is 2.78. The number of amides is 2. The van der Waals surface area contributed by atoms with Crippen LogP contribution in [-0.2, 0) is 4.74 Å². The Morgan fingerprint density at radius 3 is 2.92 bits per heavy atom. The van der Waals surface area contributed by atoms with Crippen molar-refractivity contribution in [2.75, 3.05) is 25.0 Å². The minimum absolute atomic E-state index is 0.268. The second-order valence-corrected chi connectivity index (χ2v) is 5.90. The fourth-order valence-electron chi connectivity index (χ4n) is 2.78. The van der Waals surface area contributed by atoms with Gasteiger partial charge in [-0.15, -0.1) is 0 Å². The van der Waals surface area contributed by atoms with Crippen molar-refractivity contribution < 1.29 is 13.9 Å². The summed E-state index contributed by atoms with van der Waals surface area (Å²) in [6.45, 7) is 2.89. The Morgan fingerprint density at radius 2 is 2.16 bits per heavy atom. The molecule has 25 heavy (non-hydrogen) atoms. The van der Waals surface area contributed by atoms with E-state index in [-0.39, 0.29) is 18.4 Å². The smallest absolute Gasteiger partial charge is 0.322 e. The van der Waals surface area contributed by atoms with Crippen LogP contribution in [0.5, 0.6) is 0 Å². The van der Waals surface area contributed by atoms with Crippen molar-refractivity contribution >= 4 is 11.7 Å². The van der Waals surface area contributed by atoms with E-state index in [0.717, 1.165) is 5.56 Å². The molecule has 0 aliphatic carbocycles. The summed E-state index contributed by atoms with van der Waals surface area (Å²) in [4.78, 5) is 14.2. The maximum Gasteiger partial charge on any atom is 0.322 e. The molecule has 6 heteroatoms. The number of nitrogens with one attached hydrogen (secondary N) is 1. The molecule has 1 aliphatic rings. The maximum atomic E-state index is 14.0. The van der Waals surface area contributed by atoms with Crippen LogP contribution >= 0.6 is 0 Å². The first-order valence-corrected chi connectivity index (χ1v) is 8.01. The van der Waals surface area contributed by atoms with Crippen molar-refractivity contribution in [2.24, 2.45) is 0 Å². The van der Waals surface area contributed by atoms with E-state index in [2.05, 4.69) is 11.4 Å². The highest BCUT2D eigenvalue weighted by Gasteiger charge is 2.27. The van der Waals surface area contributed by atoms with Gasteiger partial charge in [0.15, 0.2) is 0 Å². The number of carbonyl (C=O) groups is 1. The molecule has 2 aromatic rings. The highest BCUT2D eigenvalue weighted by Crippen LogP contribution is 2.25. The molecule has 1 saturated heterocycles. The van der Waals surface area contributed by atoms with E-state index in [4.69, 9.17) is 10.00 Å². The molecule has 0 aromatic heterocycles. The third-order valence-corrected chi connectivity index (χ3v) is 4.21.